The third-order valence-corrected chi connectivity index (χ3v) is 17.8. The predicted octanol–water partition coefficient (Wildman–Crippen LogP) is 6.17. The van der Waals surface area contributed by atoms with Crippen LogP contribution in [0.25, 0.3) is 21.7 Å². The van der Waals surface area contributed by atoms with Gasteiger partial charge >= 0.3 is 0 Å². The van der Waals surface area contributed by atoms with Crippen molar-refractivity contribution in [1.82, 2.24) is 45.6 Å². The molecule has 1 saturated carbocycles. The first-order valence-corrected chi connectivity index (χ1v) is 29.6. The molecular weight excluding hydrogens is 1060 g/mol. The fourth-order valence-corrected chi connectivity index (χ4v) is 13.0. The number of phenols is 1. The summed E-state index contributed by atoms with van der Waals surface area (Å²) < 4.78 is 12.6. The molecule has 0 radical (unpaired) electrons. The van der Waals surface area contributed by atoms with Gasteiger partial charge in [-0.3, -0.25) is 19.3 Å². The Bertz CT molecular complexity index is 3200. The van der Waals surface area contributed by atoms with Crippen molar-refractivity contribution in [2.75, 3.05) is 79.4 Å². The molecule has 4 saturated heterocycles. The zero-order valence-electron chi connectivity index (χ0n) is 47.4. The Morgan fingerprint density at radius 3 is 2.30 bits per heavy atom. The lowest BCUT2D eigenvalue weighted by molar-refractivity contribution is -0.144. The van der Waals surface area contributed by atoms with Crippen LogP contribution in [0.2, 0.25) is 0 Å². The number of fused-ring (bicyclic) bond motifs is 2. The standard InChI is InChI=1S/C61H75N13O7S/c1-37(40-11-13-41(14-12-40)56-38(2)65-36-82-56)66-59(78)51-27-45(75)34-73(51)60(79)57(61(3,4)5)67-54(77)35-70-21-23-71(24-22-70)53-17-10-39(31-64-53)19-25-80-46-28-47(29-46)81-55-26-42(18-20-63-55)74-43-15-16-44(74)33-72(32-43)50-30-49(68-69-58(50)62)48-8-6-7-9-52(48)76/h6-14,17-18,20,26,30-31,36-37,43-47,51,57,75-76H,15-16,19,21-25,27-29,32-35H2,1-5H3,(H2,62,69)(H,66,78)(H,67,77)/t37-,43?,44?,45+,46-,47-,51-,57+/m0/s1. The molecule has 3 amide bonds. The quantitative estimate of drug-likeness (QED) is 0.0646. The summed E-state index contributed by atoms with van der Waals surface area (Å²) in [5.41, 5.74) is 14.7. The van der Waals surface area contributed by atoms with Crippen molar-refractivity contribution in [3.05, 3.63) is 114 Å². The summed E-state index contributed by atoms with van der Waals surface area (Å²) in [4.78, 5) is 67.1. The minimum absolute atomic E-state index is 0.00747. The number of anilines is 4. The maximum absolute atomic E-state index is 14.3. The van der Waals surface area contributed by atoms with Gasteiger partial charge in [-0.05, 0) is 85.5 Å². The van der Waals surface area contributed by atoms with Crippen molar-refractivity contribution < 1.29 is 34.1 Å². The van der Waals surface area contributed by atoms with Crippen molar-refractivity contribution in [1.29, 1.82) is 0 Å². The van der Waals surface area contributed by atoms with E-state index in [1.165, 1.54) is 4.90 Å². The zero-order valence-corrected chi connectivity index (χ0v) is 48.2. The molecule has 2 unspecified atom stereocenters. The highest BCUT2D eigenvalue weighted by Crippen LogP contribution is 2.40. The number of ether oxygens (including phenoxy) is 2. The minimum atomic E-state index is -0.911. The van der Waals surface area contributed by atoms with Gasteiger partial charge in [0.2, 0.25) is 23.6 Å². The molecule has 1 aliphatic carbocycles. The van der Waals surface area contributed by atoms with Gasteiger partial charge in [0.25, 0.3) is 0 Å². The highest BCUT2D eigenvalue weighted by atomic mass is 32.1. The Balaban J connectivity index is 0.592. The van der Waals surface area contributed by atoms with Crippen LogP contribution < -0.4 is 35.8 Å². The van der Waals surface area contributed by atoms with Crippen molar-refractivity contribution in [2.45, 2.75) is 122 Å². The molecule has 4 aromatic heterocycles. The monoisotopic (exact) mass is 1130 g/mol. The second kappa shape index (κ2) is 24.2. The van der Waals surface area contributed by atoms with Crippen LogP contribution in [0.1, 0.15) is 82.7 Å². The number of pyridine rings is 2. The molecule has 2 bridgehead atoms. The summed E-state index contributed by atoms with van der Waals surface area (Å²) in [6.07, 6.45) is 7.63. The Morgan fingerprint density at radius 2 is 1.61 bits per heavy atom. The van der Waals surface area contributed by atoms with Crippen LogP contribution in [0.15, 0.2) is 96.8 Å². The molecule has 8 heterocycles. The fourth-order valence-electron chi connectivity index (χ4n) is 12.2. The maximum Gasteiger partial charge on any atom is 0.246 e. The summed E-state index contributed by atoms with van der Waals surface area (Å²) in [5, 5.41) is 35.9. The second-order valence-corrected chi connectivity index (χ2v) is 24.5. The molecule has 5 aliphatic rings. The van der Waals surface area contributed by atoms with Crippen LogP contribution in [0.4, 0.5) is 23.0 Å². The van der Waals surface area contributed by atoms with E-state index in [1.54, 1.807) is 23.5 Å². The number of rotatable bonds is 18. The highest BCUT2D eigenvalue weighted by molar-refractivity contribution is 7.13. The van der Waals surface area contributed by atoms with Gasteiger partial charge in [-0.1, -0.05) is 63.2 Å². The largest absolute Gasteiger partial charge is 0.507 e. The Morgan fingerprint density at radius 1 is 0.854 bits per heavy atom. The first kappa shape index (κ1) is 56.4. The number of nitrogens with zero attached hydrogens (tertiary/aromatic N) is 10. The Kier molecular flexibility index (Phi) is 16.6. The number of nitrogen functional groups attached to an aromatic ring is 1. The molecule has 0 spiro atoms. The SMILES string of the molecule is Cc1ncsc1-c1ccc([C@H](C)NC(=O)[C@@H]2C[C@@H](O)CN2C(=O)[C@@H](NC(=O)CN2CCN(c3ccc(CCO[C@H]4C[C@H](Oc5cc(N6C7CCC6CN(c6cc(-c8ccccc8O)nnc6N)C7)ccn5)C4)cn3)CC2)C(C)(C)C)cc1. The molecule has 20 nitrogen and oxygen atoms in total. The molecular formula is C61H75N13O7S. The van der Waals surface area contributed by atoms with Crippen LogP contribution in [-0.2, 0) is 25.5 Å². The third-order valence-electron chi connectivity index (χ3n) is 16.8. The van der Waals surface area contributed by atoms with Gasteiger partial charge in [0.05, 0.1) is 58.9 Å². The van der Waals surface area contributed by atoms with Gasteiger partial charge in [-0.2, -0.15) is 0 Å². The number of nitrogens with two attached hydrogens (primary N) is 1. The van der Waals surface area contributed by atoms with E-state index >= 15 is 0 Å². The van der Waals surface area contributed by atoms with Crippen LogP contribution in [0, 0.1) is 12.3 Å². The topological polar surface area (TPSA) is 241 Å². The number of carbonyl (C=O) groups is 3. The first-order valence-electron chi connectivity index (χ1n) is 28.7. The van der Waals surface area contributed by atoms with E-state index < -0.39 is 23.6 Å². The smallest absolute Gasteiger partial charge is 0.246 e. The highest BCUT2D eigenvalue weighted by Gasteiger charge is 2.45. The predicted molar refractivity (Wildman–Crippen MR) is 316 cm³/mol. The number of piperazine rings is 2. The van der Waals surface area contributed by atoms with Crippen LogP contribution in [-0.4, -0.2) is 164 Å². The number of aliphatic hydroxyl groups excluding tert-OH is 1. The normalized spacial score (nSPS) is 22.6. The van der Waals surface area contributed by atoms with Crippen molar-refractivity contribution in [3.8, 4) is 33.3 Å². The van der Waals surface area contributed by atoms with Crippen LogP contribution in [0.5, 0.6) is 11.6 Å². The average Bonchev–Trinajstić information content (AvgIpc) is 4.25. The lowest BCUT2D eigenvalue weighted by Crippen LogP contribution is -2.59. The number of aliphatic hydroxyl groups is 1. The van der Waals surface area contributed by atoms with E-state index in [-0.39, 0.29) is 73.3 Å². The van der Waals surface area contributed by atoms with Gasteiger partial charge in [0.15, 0.2) is 5.82 Å². The number of hydrogen-bond acceptors (Lipinski definition) is 18. The van der Waals surface area contributed by atoms with E-state index in [9.17, 15) is 24.6 Å². The molecule has 21 heteroatoms. The van der Waals surface area contributed by atoms with E-state index in [2.05, 4.69) is 68.6 Å². The summed E-state index contributed by atoms with van der Waals surface area (Å²) in [6.45, 7) is 14.5. The minimum Gasteiger partial charge on any atom is -0.507 e. The van der Waals surface area contributed by atoms with E-state index in [0.717, 1.165) is 89.6 Å². The second-order valence-electron chi connectivity index (χ2n) is 23.7. The summed E-state index contributed by atoms with van der Waals surface area (Å²) in [5.74, 6) is 1.04. The average molecular weight is 1130 g/mol. The lowest BCUT2D eigenvalue weighted by Gasteiger charge is -2.43. The summed E-state index contributed by atoms with van der Waals surface area (Å²) in [6, 6.07) is 23.8. The maximum atomic E-state index is 14.3. The number of thiazole rings is 1. The van der Waals surface area contributed by atoms with Gasteiger partial charge in [-0.25, -0.2) is 15.0 Å². The Labute approximate surface area is 483 Å². The molecule has 6 atom stereocenters. The molecule has 6 N–H and O–H groups in total. The van der Waals surface area contributed by atoms with Gasteiger partial charge in [0, 0.05) is 107 Å². The van der Waals surface area contributed by atoms with Gasteiger partial charge < -0.3 is 55.7 Å². The number of likely N-dealkylation sites (tertiary alicyclic amines) is 1. The Hall–Kier alpha value is -7.46. The molecule has 82 heavy (non-hydrogen) atoms. The molecule has 2 aromatic carbocycles. The number of hydrogen-bond donors (Lipinski definition) is 5. The lowest BCUT2D eigenvalue weighted by atomic mass is 9.85. The number of benzene rings is 2. The number of carbonyl (C=O) groups excluding carboxylic acids is 3. The summed E-state index contributed by atoms with van der Waals surface area (Å²) >= 11 is 1.58. The van der Waals surface area contributed by atoms with Gasteiger partial charge in [-0.15, -0.1) is 21.5 Å². The number of aryl methyl sites for hydroxylation is 1. The fraction of sp³-hybridized carbons (Fsp3) is 0.475. The van der Waals surface area contributed by atoms with Crippen LogP contribution in [0.3, 0.4) is 0 Å². The van der Waals surface area contributed by atoms with E-state index in [0.29, 0.717) is 55.7 Å². The molecule has 11 rings (SSSR count). The van der Waals surface area contributed by atoms with E-state index in [1.807, 2.05) is 101 Å². The number of aromatic hydroxyl groups is 1. The first-order chi connectivity index (χ1) is 39.5. The van der Waals surface area contributed by atoms with Crippen molar-refractivity contribution in [3.63, 3.8) is 0 Å². The molecule has 432 valence electrons. The number of phenolic OH excluding ortho intramolecular Hbond substituents is 1. The summed E-state index contributed by atoms with van der Waals surface area (Å²) in [7, 11) is 0. The van der Waals surface area contributed by atoms with Crippen molar-refractivity contribution >= 4 is 52.1 Å². The molecule has 4 aliphatic heterocycles. The molecule has 6 aromatic rings. The van der Waals surface area contributed by atoms with E-state index in [4.69, 9.17) is 20.2 Å². The number of para-hydroxylation sites is 1. The molecule has 5 fully saturated rings. The number of aromatic nitrogens is 5. The number of β-amino-alcohol motifs (C(OH)–C–C–N with tert-alkyl or cyclic N) is 1. The van der Waals surface area contributed by atoms with Crippen LogP contribution >= 0.6 is 11.3 Å². The number of amides is 3. The van der Waals surface area contributed by atoms with Gasteiger partial charge in [0.1, 0.15) is 29.8 Å². The third kappa shape index (κ3) is 12.6. The zero-order chi connectivity index (χ0) is 57.2. The number of nitrogens with one attached hydrogen (secondary N) is 2. The van der Waals surface area contributed by atoms with Crippen molar-refractivity contribution in [2.24, 2.45) is 5.41 Å².